The predicted octanol–water partition coefficient (Wildman–Crippen LogP) is 7.47. The summed E-state index contributed by atoms with van der Waals surface area (Å²) in [5.74, 6) is -1.83. The second-order valence-electron chi connectivity index (χ2n) is 6.79. The summed E-state index contributed by atoms with van der Waals surface area (Å²) >= 11 is 0. The maximum absolute atomic E-state index is 11.4. The maximum atomic E-state index is 11.4. The molecular weight excluding hydrogens is 465 g/mol. The molecule has 0 saturated heterocycles. The minimum Gasteiger partial charge on any atom is -0.478 e. The SMILES string of the molecule is CC(CC(C)(C)SSc1ccccc1C(=O)O)SSSc1ccccc1C(=O)O. The van der Waals surface area contributed by atoms with E-state index in [0.717, 1.165) is 16.2 Å². The first kappa shape index (κ1) is 24.4. The Kier molecular flexibility index (Phi) is 9.68. The van der Waals surface area contributed by atoms with Crippen molar-refractivity contribution in [3.8, 4) is 0 Å². The van der Waals surface area contributed by atoms with E-state index in [0.29, 0.717) is 16.4 Å². The zero-order chi connectivity index (χ0) is 21.4. The van der Waals surface area contributed by atoms with Crippen molar-refractivity contribution in [3.05, 3.63) is 59.7 Å². The first-order valence-electron chi connectivity index (χ1n) is 8.70. The van der Waals surface area contributed by atoms with Crippen molar-refractivity contribution < 1.29 is 19.8 Å². The average molecular weight is 487 g/mol. The number of carbonyl (C=O) groups is 2. The largest absolute Gasteiger partial charge is 0.478 e. The molecule has 2 rings (SSSR count). The van der Waals surface area contributed by atoms with Crippen LogP contribution >= 0.6 is 53.0 Å². The number of aromatic carboxylic acids is 2. The molecule has 0 aliphatic carbocycles. The highest BCUT2D eigenvalue weighted by Gasteiger charge is 2.24. The Hall–Kier alpha value is -0.870. The van der Waals surface area contributed by atoms with E-state index < -0.39 is 11.9 Å². The molecule has 0 aromatic heterocycles. The van der Waals surface area contributed by atoms with Gasteiger partial charge in [-0.2, -0.15) is 0 Å². The monoisotopic (exact) mass is 486 g/mol. The van der Waals surface area contributed by atoms with Crippen LogP contribution in [0.1, 0.15) is 47.9 Å². The summed E-state index contributed by atoms with van der Waals surface area (Å²) in [5, 5.41) is 18.9. The molecule has 1 unspecified atom stereocenters. The lowest BCUT2D eigenvalue weighted by atomic mass is 10.1. The molecule has 0 spiro atoms. The highest BCUT2D eigenvalue weighted by Crippen LogP contribution is 2.49. The summed E-state index contributed by atoms with van der Waals surface area (Å²) < 4.78 is -0.0487. The number of carboxylic acids is 2. The minimum absolute atomic E-state index is 0.0487. The lowest BCUT2D eigenvalue weighted by molar-refractivity contribution is 0.0682. The third-order valence-corrected chi connectivity index (χ3v) is 11.5. The van der Waals surface area contributed by atoms with Gasteiger partial charge in [-0.25, -0.2) is 9.59 Å². The standard InChI is InChI=1S/C20H22O4S5/c1-13(25-29-27-17-11-7-5-9-15(17)19(23)24)12-20(2,3)28-26-16-10-6-4-8-14(16)18(21)22/h4-11,13H,12H2,1-3H3,(H,21,22)(H,23,24). The molecule has 0 fully saturated rings. The van der Waals surface area contributed by atoms with Gasteiger partial charge in [-0.05, 0) is 65.2 Å². The molecule has 29 heavy (non-hydrogen) atoms. The highest BCUT2D eigenvalue weighted by atomic mass is 33.5. The van der Waals surface area contributed by atoms with Crippen LogP contribution in [0.15, 0.2) is 58.3 Å². The van der Waals surface area contributed by atoms with E-state index in [2.05, 4.69) is 20.8 Å². The van der Waals surface area contributed by atoms with Gasteiger partial charge in [0.1, 0.15) is 0 Å². The zero-order valence-electron chi connectivity index (χ0n) is 16.2. The molecule has 0 amide bonds. The Morgan fingerprint density at radius 1 is 0.897 bits per heavy atom. The summed E-state index contributed by atoms with van der Waals surface area (Å²) in [7, 11) is 7.94. The quantitative estimate of drug-likeness (QED) is 0.314. The fourth-order valence-corrected chi connectivity index (χ4v) is 9.89. The topological polar surface area (TPSA) is 74.6 Å². The highest BCUT2D eigenvalue weighted by molar-refractivity contribution is 9.09. The summed E-state index contributed by atoms with van der Waals surface area (Å²) in [6, 6.07) is 14.1. The van der Waals surface area contributed by atoms with Crippen molar-refractivity contribution in [3.63, 3.8) is 0 Å². The fraction of sp³-hybridized carbons (Fsp3) is 0.300. The molecule has 0 bridgehead atoms. The van der Waals surface area contributed by atoms with Gasteiger partial charge in [0.05, 0.1) is 11.1 Å². The number of rotatable bonds is 11. The molecule has 0 aliphatic rings. The Morgan fingerprint density at radius 3 is 1.90 bits per heavy atom. The van der Waals surface area contributed by atoms with E-state index in [9.17, 15) is 19.8 Å². The van der Waals surface area contributed by atoms with Gasteiger partial charge in [-0.1, -0.05) is 63.6 Å². The van der Waals surface area contributed by atoms with Crippen LogP contribution in [0.25, 0.3) is 0 Å². The predicted molar refractivity (Wildman–Crippen MR) is 129 cm³/mol. The first-order valence-corrected chi connectivity index (χ1v) is 14.4. The summed E-state index contributed by atoms with van der Waals surface area (Å²) in [6.07, 6.45) is 0.929. The number of hydrogen-bond acceptors (Lipinski definition) is 7. The van der Waals surface area contributed by atoms with Gasteiger partial charge in [0.2, 0.25) is 0 Å². The molecule has 4 nitrogen and oxygen atoms in total. The third-order valence-electron chi connectivity index (χ3n) is 3.70. The van der Waals surface area contributed by atoms with Crippen molar-refractivity contribution in [1.82, 2.24) is 0 Å². The smallest absolute Gasteiger partial charge is 0.336 e. The van der Waals surface area contributed by atoms with Crippen molar-refractivity contribution in [2.45, 2.75) is 47.0 Å². The molecule has 2 N–H and O–H groups in total. The van der Waals surface area contributed by atoms with E-state index in [1.807, 2.05) is 24.3 Å². The second-order valence-corrected chi connectivity index (χ2v) is 14.1. The van der Waals surface area contributed by atoms with Gasteiger partial charge in [0, 0.05) is 19.8 Å². The van der Waals surface area contributed by atoms with Crippen LogP contribution in [0, 0.1) is 0 Å². The Morgan fingerprint density at radius 2 is 1.38 bits per heavy atom. The molecule has 0 radical (unpaired) electrons. The number of hydrogen-bond donors (Lipinski definition) is 2. The van der Waals surface area contributed by atoms with Crippen LogP contribution in [0.5, 0.6) is 0 Å². The minimum atomic E-state index is -0.914. The van der Waals surface area contributed by atoms with E-state index in [-0.39, 0.29) is 4.75 Å². The van der Waals surface area contributed by atoms with Gasteiger partial charge in [0.25, 0.3) is 0 Å². The van der Waals surface area contributed by atoms with Crippen molar-refractivity contribution >= 4 is 64.9 Å². The van der Waals surface area contributed by atoms with Crippen molar-refractivity contribution in [2.75, 3.05) is 0 Å². The van der Waals surface area contributed by atoms with Gasteiger partial charge < -0.3 is 10.2 Å². The maximum Gasteiger partial charge on any atom is 0.336 e. The van der Waals surface area contributed by atoms with E-state index in [4.69, 9.17) is 0 Å². The molecule has 2 aromatic rings. The van der Waals surface area contributed by atoms with Gasteiger partial charge in [0.15, 0.2) is 0 Å². The average Bonchev–Trinajstić information content (AvgIpc) is 2.66. The van der Waals surface area contributed by atoms with Crippen LogP contribution < -0.4 is 0 Å². The molecule has 0 heterocycles. The molecule has 9 heteroatoms. The van der Waals surface area contributed by atoms with Gasteiger partial charge in [-0.15, -0.1) is 0 Å². The van der Waals surface area contributed by atoms with Crippen molar-refractivity contribution in [2.24, 2.45) is 0 Å². The summed E-state index contributed by atoms with van der Waals surface area (Å²) in [6.45, 7) is 6.46. The van der Waals surface area contributed by atoms with Crippen LogP contribution in [0.4, 0.5) is 0 Å². The lowest BCUT2D eigenvalue weighted by Crippen LogP contribution is -2.18. The number of benzene rings is 2. The van der Waals surface area contributed by atoms with Crippen molar-refractivity contribution in [1.29, 1.82) is 0 Å². The lowest BCUT2D eigenvalue weighted by Gasteiger charge is -2.26. The van der Waals surface area contributed by atoms with E-state index in [1.165, 1.54) is 21.6 Å². The molecule has 1 atom stereocenters. The Bertz CT molecular complexity index is 856. The van der Waals surface area contributed by atoms with E-state index in [1.54, 1.807) is 55.7 Å². The third kappa shape index (κ3) is 8.05. The zero-order valence-corrected chi connectivity index (χ0v) is 20.2. The molecule has 156 valence electrons. The fourth-order valence-electron chi connectivity index (χ4n) is 2.47. The van der Waals surface area contributed by atoms with Crippen LogP contribution in [0.3, 0.4) is 0 Å². The molecule has 0 aliphatic heterocycles. The second kappa shape index (κ2) is 11.5. The summed E-state index contributed by atoms with van der Waals surface area (Å²) in [5.41, 5.74) is 0.648. The van der Waals surface area contributed by atoms with Crippen LogP contribution in [-0.4, -0.2) is 32.1 Å². The van der Waals surface area contributed by atoms with Gasteiger partial charge in [-0.3, -0.25) is 0 Å². The van der Waals surface area contributed by atoms with Gasteiger partial charge >= 0.3 is 11.9 Å². The molecular formula is C20H22O4S5. The normalized spacial score (nSPS) is 12.5. The Labute approximate surface area is 190 Å². The number of carboxylic acid groups (broad SMARTS) is 2. The summed E-state index contributed by atoms with van der Waals surface area (Å²) in [4.78, 5) is 24.2. The van der Waals surface area contributed by atoms with E-state index >= 15 is 0 Å². The molecule has 2 aromatic carbocycles. The van der Waals surface area contributed by atoms with Crippen LogP contribution in [-0.2, 0) is 0 Å². The van der Waals surface area contributed by atoms with Crippen LogP contribution in [0.2, 0.25) is 0 Å². The molecule has 0 saturated carbocycles. The Balaban J connectivity index is 1.84. The first-order chi connectivity index (χ1) is 13.7.